The molecule has 0 spiro atoms. The van der Waals surface area contributed by atoms with E-state index in [0.717, 1.165) is 17.0 Å². The van der Waals surface area contributed by atoms with Crippen LogP contribution in [-0.4, -0.2) is 22.6 Å². The Hall–Kier alpha value is -4.43. The number of phenolic OH excluding ortho intramolecular Hbond substituents is 1. The average Bonchev–Trinajstić information content (AvgIpc) is 3.33. The lowest BCUT2D eigenvalue weighted by molar-refractivity contribution is 0.102. The molecule has 0 unspecified atom stereocenters. The van der Waals surface area contributed by atoms with E-state index in [-0.39, 0.29) is 16.9 Å². The normalized spacial score (nSPS) is 11.5. The number of hydrogen-bond donors (Lipinski definition) is 2. The van der Waals surface area contributed by atoms with E-state index in [2.05, 4.69) is 15.3 Å². The number of para-hydroxylation sites is 1. The van der Waals surface area contributed by atoms with Crippen LogP contribution in [-0.2, 0) is 0 Å². The van der Waals surface area contributed by atoms with Crippen LogP contribution in [0.2, 0.25) is 0 Å². The van der Waals surface area contributed by atoms with Gasteiger partial charge in [-0.05, 0) is 61.5 Å². The van der Waals surface area contributed by atoms with E-state index in [9.17, 15) is 9.90 Å². The van der Waals surface area contributed by atoms with Crippen LogP contribution < -0.4 is 15.6 Å². The summed E-state index contributed by atoms with van der Waals surface area (Å²) in [5.41, 5.74) is 3.12. The van der Waals surface area contributed by atoms with E-state index in [1.54, 1.807) is 12.1 Å². The second-order valence-corrected chi connectivity index (χ2v) is 8.44. The van der Waals surface area contributed by atoms with Gasteiger partial charge in [0.1, 0.15) is 22.6 Å². The Bertz CT molecular complexity index is 1560. The minimum Gasteiger partial charge on any atom is -0.508 e. The van der Waals surface area contributed by atoms with Gasteiger partial charge >= 0.3 is 0 Å². The monoisotopic (exact) mass is 483 g/mol. The lowest BCUT2D eigenvalue weighted by Crippen LogP contribution is -2.21. The van der Waals surface area contributed by atoms with Crippen molar-refractivity contribution in [1.82, 2.24) is 4.98 Å². The number of aromatic hydroxyl groups is 1. The summed E-state index contributed by atoms with van der Waals surface area (Å²) in [5, 5.41) is 15.7. The van der Waals surface area contributed by atoms with Crippen molar-refractivity contribution in [3.63, 3.8) is 0 Å². The molecule has 0 radical (unpaired) electrons. The van der Waals surface area contributed by atoms with Crippen molar-refractivity contribution in [1.29, 1.82) is 0 Å². The molecular formula is C27H21N3O4S. The molecule has 8 heteroatoms. The van der Waals surface area contributed by atoms with E-state index < -0.39 is 5.91 Å². The van der Waals surface area contributed by atoms with Gasteiger partial charge in [-0.1, -0.05) is 18.2 Å². The van der Waals surface area contributed by atoms with E-state index in [1.807, 2.05) is 66.9 Å². The Morgan fingerprint density at radius 1 is 1.09 bits per heavy atom. The molecule has 1 amide bonds. The third kappa shape index (κ3) is 5.07. The summed E-state index contributed by atoms with van der Waals surface area (Å²) in [5.74, 6) is 0.461. The summed E-state index contributed by atoms with van der Waals surface area (Å²) in [6.45, 7) is 2.54. The second-order valence-electron chi connectivity index (χ2n) is 7.58. The first-order valence-corrected chi connectivity index (χ1v) is 11.8. The average molecular weight is 484 g/mol. The maximum Gasteiger partial charge on any atom is 0.262 e. The van der Waals surface area contributed by atoms with Crippen LogP contribution in [0.1, 0.15) is 17.3 Å². The molecule has 0 aliphatic rings. The SMILES string of the molecule is CCOc1ccc(-c2csc(NC(=O)c3cc4ccc(O)cc4oc3=Nc3ccccc3)n2)cc1. The predicted octanol–water partition coefficient (Wildman–Crippen LogP) is 6.15. The number of hydrogen-bond acceptors (Lipinski definition) is 7. The number of carbonyl (C=O) groups is 1. The quantitative estimate of drug-likeness (QED) is 0.302. The molecule has 0 aliphatic heterocycles. The van der Waals surface area contributed by atoms with Crippen LogP contribution in [0.15, 0.2) is 93.7 Å². The molecule has 0 fully saturated rings. The fourth-order valence-corrected chi connectivity index (χ4v) is 4.20. The minimum atomic E-state index is -0.397. The summed E-state index contributed by atoms with van der Waals surface area (Å²) < 4.78 is 11.4. The lowest BCUT2D eigenvalue weighted by atomic mass is 10.1. The Morgan fingerprint density at radius 3 is 2.66 bits per heavy atom. The summed E-state index contributed by atoms with van der Waals surface area (Å²) in [6.07, 6.45) is 0. The van der Waals surface area contributed by atoms with Gasteiger partial charge in [0, 0.05) is 22.4 Å². The maximum atomic E-state index is 13.3. The first kappa shape index (κ1) is 22.4. The van der Waals surface area contributed by atoms with Crippen LogP contribution in [0.4, 0.5) is 10.8 Å². The van der Waals surface area contributed by atoms with Crippen LogP contribution in [0, 0.1) is 0 Å². The molecular weight excluding hydrogens is 462 g/mol. The van der Waals surface area contributed by atoms with E-state index >= 15 is 0 Å². The zero-order valence-corrected chi connectivity index (χ0v) is 19.6. The molecule has 0 atom stereocenters. The highest BCUT2D eigenvalue weighted by Gasteiger charge is 2.16. The van der Waals surface area contributed by atoms with Crippen molar-refractivity contribution >= 4 is 39.0 Å². The summed E-state index contributed by atoms with van der Waals surface area (Å²) in [7, 11) is 0. The zero-order valence-electron chi connectivity index (χ0n) is 18.8. The molecule has 0 bridgehead atoms. The molecule has 0 saturated carbocycles. The van der Waals surface area contributed by atoms with Crippen LogP contribution in [0.5, 0.6) is 11.5 Å². The van der Waals surface area contributed by atoms with Crippen molar-refractivity contribution < 1.29 is 19.1 Å². The number of thiazole rings is 1. The van der Waals surface area contributed by atoms with Crippen LogP contribution in [0.3, 0.4) is 0 Å². The molecule has 2 aromatic heterocycles. The number of aromatic nitrogens is 1. The number of benzene rings is 3. The van der Waals surface area contributed by atoms with Gasteiger partial charge < -0.3 is 14.3 Å². The molecule has 7 nitrogen and oxygen atoms in total. The third-order valence-electron chi connectivity index (χ3n) is 5.15. The van der Waals surface area contributed by atoms with Crippen molar-refractivity contribution in [3.05, 3.63) is 95.4 Å². The zero-order chi connectivity index (χ0) is 24.2. The Morgan fingerprint density at radius 2 is 1.89 bits per heavy atom. The van der Waals surface area contributed by atoms with Gasteiger partial charge in [-0.25, -0.2) is 9.98 Å². The van der Waals surface area contributed by atoms with Crippen LogP contribution >= 0.6 is 11.3 Å². The first-order chi connectivity index (χ1) is 17.1. The molecule has 35 heavy (non-hydrogen) atoms. The fraction of sp³-hybridized carbons (Fsp3) is 0.0741. The second kappa shape index (κ2) is 9.82. The van der Waals surface area contributed by atoms with Crippen molar-refractivity contribution in [3.8, 4) is 22.8 Å². The number of carbonyl (C=O) groups excluding carboxylic acids is 1. The largest absolute Gasteiger partial charge is 0.508 e. The summed E-state index contributed by atoms with van der Waals surface area (Å²) >= 11 is 1.33. The van der Waals surface area contributed by atoms with Gasteiger partial charge in [0.2, 0.25) is 5.55 Å². The first-order valence-electron chi connectivity index (χ1n) is 11.0. The smallest absolute Gasteiger partial charge is 0.262 e. The van der Waals surface area contributed by atoms with Gasteiger partial charge in [-0.15, -0.1) is 11.3 Å². The fourth-order valence-electron chi connectivity index (χ4n) is 3.49. The molecule has 2 N–H and O–H groups in total. The standard InChI is InChI=1S/C27H21N3O4S/c1-2-33-21-12-9-17(10-13-21)23-16-35-27(29-23)30-25(32)22-14-18-8-11-20(31)15-24(18)34-26(22)28-19-6-4-3-5-7-19/h3-16,31H,2H2,1H3,(H,29,30,32). The minimum absolute atomic E-state index is 0.0636. The number of anilines is 1. The highest BCUT2D eigenvalue weighted by molar-refractivity contribution is 7.14. The van der Waals surface area contributed by atoms with Crippen LogP contribution in [0.25, 0.3) is 22.2 Å². The van der Waals surface area contributed by atoms with E-state index in [0.29, 0.717) is 28.4 Å². The van der Waals surface area contributed by atoms with Crippen molar-refractivity contribution in [2.45, 2.75) is 6.92 Å². The third-order valence-corrected chi connectivity index (χ3v) is 5.91. The van der Waals surface area contributed by atoms with Gasteiger partial charge in [0.05, 0.1) is 18.0 Å². The lowest BCUT2D eigenvalue weighted by Gasteiger charge is -2.06. The molecule has 5 aromatic rings. The predicted molar refractivity (Wildman–Crippen MR) is 136 cm³/mol. The van der Waals surface area contributed by atoms with E-state index in [4.69, 9.17) is 9.15 Å². The Balaban J connectivity index is 1.47. The number of ether oxygens (including phenoxy) is 1. The van der Waals surface area contributed by atoms with Crippen molar-refractivity contribution in [2.24, 2.45) is 4.99 Å². The highest BCUT2D eigenvalue weighted by atomic mass is 32.1. The molecule has 0 saturated heterocycles. The van der Waals surface area contributed by atoms with E-state index in [1.165, 1.54) is 23.5 Å². The molecule has 3 aromatic carbocycles. The number of phenols is 1. The Labute approximate surface area is 205 Å². The number of amides is 1. The van der Waals surface area contributed by atoms with Gasteiger partial charge in [-0.3, -0.25) is 10.1 Å². The number of nitrogens with one attached hydrogen (secondary N) is 1. The number of fused-ring (bicyclic) bond motifs is 1. The van der Waals surface area contributed by atoms with Crippen molar-refractivity contribution in [2.75, 3.05) is 11.9 Å². The molecule has 5 rings (SSSR count). The molecule has 0 aliphatic carbocycles. The number of rotatable bonds is 6. The highest BCUT2D eigenvalue weighted by Crippen LogP contribution is 2.27. The summed E-state index contributed by atoms with van der Waals surface area (Å²) in [6, 6.07) is 23.3. The molecule has 2 heterocycles. The Kier molecular flexibility index (Phi) is 6.28. The number of nitrogens with zero attached hydrogens (tertiary/aromatic N) is 2. The van der Waals surface area contributed by atoms with Gasteiger partial charge in [0.15, 0.2) is 5.13 Å². The topological polar surface area (TPSA) is 97.0 Å². The summed E-state index contributed by atoms with van der Waals surface area (Å²) in [4.78, 5) is 22.4. The van der Waals surface area contributed by atoms with Gasteiger partial charge in [0.25, 0.3) is 5.91 Å². The molecule has 174 valence electrons. The van der Waals surface area contributed by atoms with Gasteiger partial charge in [-0.2, -0.15) is 0 Å². The maximum absolute atomic E-state index is 13.3.